The molecule has 5 rings (SSSR count). The number of hydrogen-bond acceptors (Lipinski definition) is 9. The van der Waals surface area contributed by atoms with E-state index in [2.05, 4.69) is 44.2 Å². The van der Waals surface area contributed by atoms with Crippen molar-refractivity contribution in [2.75, 3.05) is 20.8 Å². The quantitative estimate of drug-likeness (QED) is 0.135. The predicted molar refractivity (Wildman–Crippen MR) is 180 cm³/mol. The molecule has 0 bridgehead atoms. The Hall–Kier alpha value is -3.10. The van der Waals surface area contributed by atoms with Gasteiger partial charge in [-0.3, -0.25) is 0 Å². The van der Waals surface area contributed by atoms with Gasteiger partial charge in [-0.1, -0.05) is 69.3 Å². The van der Waals surface area contributed by atoms with Gasteiger partial charge in [0.25, 0.3) is 0 Å². The predicted octanol–water partition coefficient (Wildman–Crippen LogP) is 3.07. The van der Waals surface area contributed by atoms with Crippen molar-refractivity contribution in [2.24, 2.45) is 4.99 Å². The van der Waals surface area contributed by atoms with Gasteiger partial charge in [0.05, 0.1) is 53.9 Å². The molecular weight excluding hydrogens is 644 g/mol. The Morgan fingerprint density at radius 3 is 2.04 bits per heavy atom. The summed E-state index contributed by atoms with van der Waals surface area (Å²) in [5.74, 6) is 0.711. The summed E-state index contributed by atoms with van der Waals surface area (Å²) in [4.78, 5) is 16.3. The summed E-state index contributed by atoms with van der Waals surface area (Å²) in [7, 11) is -0.414. The number of benzene rings is 2. The monoisotopic (exact) mass is 684 g/mol. The molecule has 0 saturated heterocycles. The van der Waals surface area contributed by atoms with Crippen molar-refractivity contribution in [2.45, 2.75) is 50.4 Å². The molecule has 1 N–H and O–H groups in total. The molecule has 0 amide bonds. The van der Waals surface area contributed by atoms with Gasteiger partial charge in [-0.2, -0.15) is 0 Å². The number of fused-ring (bicyclic) bond motifs is 1. The number of nitrogens with one attached hydrogen (secondary N) is 1. The van der Waals surface area contributed by atoms with E-state index in [1.807, 2.05) is 31.3 Å². The number of aromatic amines is 1. The first-order valence-electron chi connectivity index (χ1n) is 14.6. The van der Waals surface area contributed by atoms with Crippen LogP contribution in [0.2, 0.25) is 0 Å². The third kappa shape index (κ3) is 13.9. The first kappa shape index (κ1) is 40.1. The van der Waals surface area contributed by atoms with Gasteiger partial charge in [0, 0.05) is 30.3 Å². The van der Waals surface area contributed by atoms with Crippen LogP contribution in [0.5, 0.6) is 11.8 Å². The Morgan fingerprint density at radius 2 is 1.45 bits per heavy atom. The molecule has 2 aromatic carbocycles. The molecular formula is C35H41KN4O6S. The van der Waals surface area contributed by atoms with Crippen molar-refractivity contribution in [1.82, 2.24) is 15.0 Å². The largest absolute Gasteiger partial charge is 1.00 e. The molecule has 0 radical (unpaired) electrons. The summed E-state index contributed by atoms with van der Waals surface area (Å²) in [5.41, 5.74) is 4.49. The van der Waals surface area contributed by atoms with E-state index in [0.29, 0.717) is 29.7 Å². The second kappa shape index (κ2) is 19.7. The van der Waals surface area contributed by atoms with Crippen LogP contribution < -0.4 is 66.0 Å². The minimum Gasteiger partial charge on any atom is -0.850 e. The third-order valence-electron chi connectivity index (χ3n) is 6.02. The summed E-state index contributed by atoms with van der Waals surface area (Å²) >= 11 is 0. The maximum atomic E-state index is 12.5. The topological polar surface area (TPSA) is 139 Å². The second-order valence-corrected chi connectivity index (χ2v) is 12.9. The molecule has 0 aliphatic carbocycles. The normalized spacial score (nSPS) is 11.0. The molecule has 0 aliphatic rings. The van der Waals surface area contributed by atoms with E-state index in [1.165, 1.54) is 24.6 Å². The molecule has 3 heterocycles. The Kier molecular flexibility index (Phi) is 16.8. The van der Waals surface area contributed by atoms with Gasteiger partial charge in [-0.25, -0.2) is 23.4 Å². The second-order valence-electron chi connectivity index (χ2n) is 10.9. The van der Waals surface area contributed by atoms with Crippen molar-refractivity contribution in [3.05, 3.63) is 108 Å². The SMILES string of the molecule is CC(C)(C)[O-].CCOC=Nc1ccc(OC)nc1CS(=O)(=O)c1ccccc1.COc1ccc2[nH]cc(Cc3ccccc3)c2n1.[K+]. The van der Waals surface area contributed by atoms with E-state index in [-0.39, 0.29) is 62.0 Å². The zero-order valence-electron chi connectivity index (χ0n) is 28.1. The Balaban J connectivity index is 0.000000286. The van der Waals surface area contributed by atoms with Crippen LogP contribution in [0.3, 0.4) is 0 Å². The van der Waals surface area contributed by atoms with Crippen molar-refractivity contribution in [1.29, 1.82) is 0 Å². The van der Waals surface area contributed by atoms with Crippen LogP contribution in [0, 0.1) is 0 Å². The van der Waals surface area contributed by atoms with Gasteiger partial charge < -0.3 is 24.3 Å². The Morgan fingerprint density at radius 1 is 0.872 bits per heavy atom. The van der Waals surface area contributed by atoms with Gasteiger partial charge >= 0.3 is 51.4 Å². The zero-order chi connectivity index (χ0) is 33.6. The number of hydrogen-bond donors (Lipinski definition) is 1. The van der Waals surface area contributed by atoms with Crippen LogP contribution in [0.4, 0.5) is 5.69 Å². The van der Waals surface area contributed by atoms with Gasteiger partial charge in [0.2, 0.25) is 11.8 Å². The molecule has 10 nitrogen and oxygen atoms in total. The molecule has 47 heavy (non-hydrogen) atoms. The fourth-order valence-corrected chi connectivity index (χ4v) is 5.28. The van der Waals surface area contributed by atoms with Crippen LogP contribution in [-0.4, -0.2) is 56.2 Å². The maximum absolute atomic E-state index is 12.5. The van der Waals surface area contributed by atoms with E-state index in [0.717, 1.165) is 17.5 Å². The van der Waals surface area contributed by atoms with Crippen LogP contribution in [0.15, 0.2) is 101 Å². The fourth-order valence-electron chi connectivity index (χ4n) is 3.97. The molecule has 3 aromatic heterocycles. The number of nitrogens with zero attached hydrogens (tertiary/aromatic N) is 3. The molecule has 12 heteroatoms. The van der Waals surface area contributed by atoms with E-state index >= 15 is 0 Å². The average molecular weight is 685 g/mol. The Bertz CT molecular complexity index is 1790. The molecule has 5 aromatic rings. The van der Waals surface area contributed by atoms with Gasteiger partial charge in [0.1, 0.15) is 0 Å². The first-order chi connectivity index (χ1) is 21.9. The van der Waals surface area contributed by atoms with Gasteiger partial charge in [0.15, 0.2) is 16.2 Å². The summed E-state index contributed by atoms with van der Waals surface area (Å²) in [6.07, 6.45) is 4.17. The fraction of sp³-hybridized carbons (Fsp3) is 0.286. The molecule has 0 atom stereocenters. The Labute approximate surface area is 320 Å². The molecule has 0 spiro atoms. The summed E-state index contributed by atoms with van der Waals surface area (Å²) in [6, 6.07) is 25.8. The van der Waals surface area contributed by atoms with Crippen LogP contribution in [0.1, 0.15) is 44.5 Å². The standard InChI is InChI=1S/C16H18N2O4S.C15H14N2O.C4H9O.K/c1-3-22-12-17-14-9-10-16(21-2)18-15(14)11-23(19,20)13-7-5-4-6-8-13;1-18-14-8-7-13-15(17-14)12(10-16-13)9-11-5-3-2-4-6-11;1-4(2,3)5;/h4-10,12H,3,11H2,1-2H3;2-8,10,16H,9H2,1H3;1-3H3;/q;;-1;+1. The maximum Gasteiger partial charge on any atom is 1.00 e. The van der Waals surface area contributed by atoms with E-state index < -0.39 is 15.4 Å². The van der Waals surface area contributed by atoms with Gasteiger partial charge in [-0.15, -0.1) is 5.60 Å². The van der Waals surface area contributed by atoms with E-state index in [9.17, 15) is 13.5 Å². The number of methoxy groups -OCH3 is 2. The van der Waals surface area contributed by atoms with Crippen molar-refractivity contribution in [3.8, 4) is 11.8 Å². The number of sulfone groups is 1. The average Bonchev–Trinajstić information content (AvgIpc) is 3.43. The van der Waals surface area contributed by atoms with E-state index in [1.54, 1.807) is 70.3 Å². The van der Waals surface area contributed by atoms with Crippen LogP contribution in [-0.2, 0) is 26.7 Å². The first-order valence-corrected chi connectivity index (χ1v) is 16.3. The summed E-state index contributed by atoms with van der Waals surface area (Å²) in [5, 5.41) is 10.1. The third-order valence-corrected chi connectivity index (χ3v) is 7.66. The number of aromatic nitrogens is 3. The minimum absolute atomic E-state index is 0. The van der Waals surface area contributed by atoms with E-state index in [4.69, 9.17) is 14.2 Å². The minimum atomic E-state index is -3.52. The molecule has 0 aliphatic heterocycles. The number of aliphatic imine (C=N–C) groups is 1. The zero-order valence-corrected chi connectivity index (χ0v) is 32.0. The summed E-state index contributed by atoms with van der Waals surface area (Å²) in [6.45, 7) is 7.21. The number of pyridine rings is 2. The molecule has 0 saturated carbocycles. The molecule has 0 unspecified atom stereocenters. The number of ether oxygens (including phenoxy) is 3. The number of rotatable bonds is 10. The summed E-state index contributed by atoms with van der Waals surface area (Å²) < 4.78 is 40.3. The smallest absolute Gasteiger partial charge is 0.850 e. The van der Waals surface area contributed by atoms with Crippen molar-refractivity contribution in [3.63, 3.8) is 0 Å². The number of H-pyrrole nitrogens is 1. The van der Waals surface area contributed by atoms with Crippen LogP contribution in [0.25, 0.3) is 11.0 Å². The van der Waals surface area contributed by atoms with Gasteiger partial charge in [-0.05, 0) is 36.8 Å². The molecule has 244 valence electrons. The molecule has 0 fully saturated rings. The van der Waals surface area contributed by atoms with Crippen LogP contribution >= 0.6 is 0 Å². The van der Waals surface area contributed by atoms with Crippen molar-refractivity contribution >= 4 is 33.0 Å². The van der Waals surface area contributed by atoms with Crippen molar-refractivity contribution < 1.29 is 79.1 Å².